The summed E-state index contributed by atoms with van der Waals surface area (Å²) < 4.78 is 22.0. The first-order chi connectivity index (χ1) is 7.98. The molecule has 0 aromatic rings. The van der Waals surface area contributed by atoms with Crippen LogP contribution in [0.25, 0.3) is 0 Å². The third-order valence-corrected chi connectivity index (χ3v) is 4.46. The van der Waals surface area contributed by atoms with Crippen molar-refractivity contribution in [3.05, 3.63) is 0 Å². The Bertz CT molecular complexity index is 319. The molecule has 2 unspecified atom stereocenters. The first kappa shape index (κ1) is 14.9. The molecular formula is C11H25N3O2S. The standard InChI is InChI=1S/C11H25N3O2S/c1-2-14(7-8-17(13,15)16)11-6-4-3-5-10(11)9-12/h10-11H,2-9,12H2,1H3,(H2,13,15,16). The monoisotopic (exact) mass is 263 g/mol. The van der Waals surface area contributed by atoms with Crippen LogP contribution < -0.4 is 10.9 Å². The van der Waals surface area contributed by atoms with Gasteiger partial charge in [0.15, 0.2) is 0 Å². The summed E-state index contributed by atoms with van der Waals surface area (Å²) in [5.41, 5.74) is 5.80. The van der Waals surface area contributed by atoms with Crippen LogP contribution in [0, 0.1) is 5.92 Å². The van der Waals surface area contributed by atoms with E-state index in [1.807, 2.05) is 0 Å². The second kappa shape index (κ2) is 6.68. The second-order valence-corrected chi connectivity index (χ2v) is 6.58. The summed E-state index contributed by atoms with van der Waals surface area (Å²) in [5, 5.41) is 5.06. The summed E-state index contributed by atoms with van der Waals surface area (Å²) in [6, 6.07) is 0.431. The summed E-state index contributed by atoms with van der Waals surface area (Å²) in [5.74, 6) is 0.540. The van der Waals surface area contributed by atoms with Crippen molar-refractivity contribution in [2.24, 2.45) is 16.8 Å². The molecule has 0 saturated heterocycles. The van der Waals surface area contributed by atoms with E-state index in [1.54, 1.807) is 0 Å². The highest BCUT2D eigenvalue weighted by Gasteiger charge is 2.28. The average molecular weight is 263 g/mol. The Morgan fingerprint density at radius 3 is 2.47 bits per heavy atom. The third-order valence-electron chi connectivity index (χ3n) is 3.71. The predicted octanol–water partition coefficient (Wildman–Crippen LogP) is 0.114. The molecular weight excluding hydrogens is 238 g/mol. The van der Waals surface area contributed by atoms with Crippen LogP contribution in [0.15, 0.2) is 0 Å². The van der Waals surface area contributed by atoms with Crippen LogP contribution in [0.1, 0.15) is 32.6 Å². The van der Waals surface area contributed by atoms with Gasteiger partial charge in [0.2, 0.25) is 10.0 Å². The number of primary sulfonamides is 1. The quantitative estimate of drug-likeness (QED) is 0.712. The van der Waals surface area contributed by atoms with Crippen molar-refractivity contribution >= 4 is 10.0 Å². The van der Waals surface area contributed by atoms with Gasteiger partial charge >= 0.3 is 0 Å². The number of hydrogen-bond donors (Lipinski definition) is 2. The van der Waals surface area contributed by atoms with Crippen LogP contribution in [0.5, 0.6) is 0 Å². The zero-order valence-electron chi connectivity index (χ0n) is 10.6. The van der Waals surface area contributed by atoms with E-state index in [0.29, 0.717) is 25.0 Å². The molecule has 17 heavy (non-hydrogen) atoms. The van der Waals surface area contributed by atoms with Crippen LogP contribution in [0.4, 0.5) is 0 Å². The minimum absolute atomic E-state index is 0.0363. The molecule has 1 aliphatic rings. The molecule has 0 aromatic heterocycles. The third kappa shape index (κ3) is 4.91. The predicted molar refractivity (Wildman–Crippen MR) is 70.0 cm³/mol. The fourth-order valence-electron chi connectivity index (χ4n) is 2.75. The Morgan fingerprint density at radius 2 is 1.94 bits per heavy atom. The van der Waals surface area contributed by atoms with E-state index in [-0.39, 0.29) is 5.75 Å². The number of nitrogens with two attached hydrogens (primary N) is 2. The van der Waals surface area contributed by atoms with Gasteiger partial charge in [0.1, 0.15) is 0 Å². The van der Waals surface area contributed by atoms with Gasteiger partial charge in [0.05, 0.1) is 5.75 Å². The van der Waals surface area contributed by atoms with E-state index >= 15 is 0 Å². The first-order valence-corrected chi connectivity index (χ1v) is 8.14. The normalized spacial score (nSPS) is 26.4. The molecule has 0 spiro atoms. The van der Waals surface area contributed by atoms with Crippen molar-refractivity contribution in [2.75, 3.05) is 25.4 Å². The van der Waals surface area contributed by atoms with E-state index in [1.165, 1.54) is 12.8 Å². The maximum atomic E-state index is 11.0. The van der Waals surface area contributed by atoms with Gasteiger partial charge in [-0.25, -0.2) is 13.6 Å². The molecule has 0 radical (unpaired) electrons. The van der Waals surface area contributed by atoms with Gasteiger partial charge in [-0.05, 0) is 31.8 Å². The van der Waals surface area contributed by atoms with Gasteiger partial charge in [0.25, 0.3) is 0 Å². The van der Waals surface area contributed by atoms with E-state index in [0.717, 1.165) is 19.4 Å². The maximum absolute atomic E-state index is 11.0. The summed E-state index contributed by atoms with van der Waals surface area (Å²) >= 11 is 0. The molecule has 0 bridgehead atoms. The summed E-state index contributed by atoms with van der Waals surface area (Å²) in [6.45, 7) is 4.13. The van der Waals surface area contributed by atoms with E-state index in [4.69, 9.17) is 10.9 Å². The highest BCUT2D eigenvalue weighted by Crippen LogP contribution is 2.27. The number of sulfonamides is 1. The minimum Gasteiger partial charge on any atom is -0.330 e. The van der Waals surface area contributed by atoms with Gasteiger partial charge in [-0.15, -0.1) is 0 Å². The van der Waals surface area contributed by atoms with Gasteiger partial charge in [0, 0.05) is 12.6 Å². The van der Waals surface area contributed by atoms with E-state index < -0.39 is 10.0 Å². The highest BCUT2D eigenvalue weighted by atomic mass is 32.2. The summed E-state index contributed by atoms with van der Waals surface area (Å²) in [7, 11) is -3.37. The lowest BCUT2D eigenvalue weighted by Crippen LogP contribution is -2.47. The molecule has 1 fully saturated rings. The molecule has 1 rings (SSSR count). The van der Waals surface area contributed by atoms with Crippen molar-refractivity contribution in [1.82, 2.24) is 4.90 Å². The lowest BCUT2D eigenvalue weighted by molar-refractivity contribution is 0.119. The smallest absolute Gasteiger partial charge is 0.210 e. The van der Waals surface area contributed by atoms with Crippen molar-refractivity contribution in [1.29, 1.82) is 0 Å². The molecule has 1 aliphatic carbocycles. The van der Waals surface area contributed by atoms with Crippen molar-refractivity contribution in [3.8, 4) is 0 Å². The Labute approximate surface area is 105 Å². The van der Waals surface area contributed by atoms with Crippen LogP contribution >= 0.6 is 0 Å². The molecule has 0 heterocycles. The highest BCUT2D eigenvalue weighted by molar-refractivity contribution is 7.89. The zero-order valence-corrected chi connectivity index (χ0v) is 11.5. The Kier molecular flexibility index (Phi) is 5.85. The zero-order chi connectivity index (χ0) is 12.9. The summed E-state index contributed by atoms with van der Waals surface area (Å²) in [4.78, 5) is 2.22. The van der Waals surface area contributed by atoms with Gasteiger partial charge in [-0.3, -0.25) is 4.90 Å². The van der Waals surface area contributed by atoms with E-state index in [9.17, 15) is 8.42 Å². The SMILES string of the molecule is CCN(CCS(N)(=O)=O)C1CCCCC1CN. The number of nitrogens with zero attached hydrogens (tertiary/aromatic N) is 1. The van der Waals surface area contributed by atoms with Crippen LogP contribution in [0.3, 0.4) is 0 Å². The van der Waals surface area contributed by atoms with Crippen LogP contribution in [-0.2, 0) is 10.0 Å². The molecule has 6 heteroatoms. The second-order valence-electron chi connectivity index (χ2n) is 4.84. The number of rotatable bonds is 6. The largest absolute Gasteiger partial charge is 0.330 e. The van der Waals surface area contributed by atoms with Gasteiger partial charge < -0.3 is 5.73 Å². The minimum atomic E-state index is -3.37. The van der Waals surface area contributed by atoms with Crippen molar-refractivity contribution in [3.63, 3.8) is 0 Å². The fraction of sp³-hybridized carbons (Fsp3) is 1.00. The molecule has 102 valence electrons. The summed E-state index contributed by atoms with van der Waals surface area (Å²) in [6.07, 6.45) is 4.74. The Hall–Kier alpha value is -0.170. The molecule has 0 aliphatic heterocycles. The fourth-order valence-corrected chi connectivity index (χ4v) is 3.24. The average Bonchev–Trinajstić information content (AvgIpc) is 2.29. The lowest BCUT2D eigenvalue weighted by atomic mass is 9.83. The molecule has 5 nitrogen and oxygen atoms in total. The van der Waals surface area contributed by atoms with Crippen molar-refractivity contribution in [2.45, 2.75) is 38.6 Å². The molecule has 0 amide bonds. The van der Waals surface area contributed by atoms with Crippen molar-refractivity contribution < 1.29 is 8.42 Å². The van der Waals surface area contributed by atoms with Crippen LogP contribution in [0.2, 0.25) is 0 Å². The van der Waals surface area contributed by atoms with E-state index in [2.05, 4.69) is 11.8 Å². The van der Waals surface area contributed by atoms with Gasteiger partial charge in [-0.1, -0.05) is 19.8 Å². The Morgan fingerprint density at radius 1 is 1.29 bits per heavy atom. The molecule has 0 aromatic carbocycles. The lowest BCUT2D eigenvalue weighted by Gasteiger charge is -2.39. The van der Waals surface area contributed by atoms with Gasteiger partial charge in [-0.2, -0.15) is 0 Å². The Balaban J connectivity index is 2.58. The topological polar surface area (TPSA) is 89.4 Å². The number of hydrogen-bond acceptors (Lipinski definition) is 4. The molecule has 4 N–H and O–H groups in total. The first-order valence-electron chi connectivity index (χ1n) is 6.42. The maximum Gasteiger partial charge on any atom is 0.210 e. The molecule has 2 atom stereocenters. The van der Waals surface area contributed by atoms with Crippen LogP contribution in [-0.4, -0.2) is 44.7 Å². The molecule has 1 saturated carbocycles.